The molecule has 0 N–H and O–H groups in total. The third-order valence-corrected chi connectivity index (χ3v) is 3.08. The second-order valence-corrected chi connectivity index (χ2v) is 4.94. The van der Waals surface area contributed by atoms with Gasteiger partial charge in [0.05, 0.1) is 0 Å². The highest BCUT2D eigenvalue weighted by Gasteiger charge is 2.14. The van der Waals surface area contributed by atoms with Crippen LogP contribution in [0.5, 0.6) is 0 Å². The quantitative estimate of drug-likeness (QED) is 0.456. The molecule has 0 heterocycles. The molecule has 0 aliphatic carbocycles. The first-order chi connectivity index (χ1) is 10.1. The van der Waals surface area contributed by atoms with Crippen LogP contribution in [0.25, 0.3) is 0 Å². The Bertz CT molecular complexity index is 365. The monoisotopic (exact) mass is 296 g/mol. The van der Waals surface area contributed by atoms with E-state index in [1.807, 2.05) is 13.8 Å². The van der Waals surface area contributed by atoms with E-state index in [1.54, 1.807) is 6.92 Å². The molecule has 2 unspecified atom stereocenters. The summed E-state index contributed by atoms with van der Waals surface area (Å²) in [6.45, 7) is 7.70. The van der Waals surface area contributed by atoms with Crippen molar-refractivity contribution in [3.05, 3.63) is 0 Å². The van der Waals surface area contributed by atoms with Gasteiger partial charge in [0.2, 0.25) is 0 Å². The van der Waals surface area contributed by atoms with E-state index < -0.39 is 0 Å². The Morgan fingerprint density at radius 2 is 1.62 bits per heavy atom. The lowest BCUT2D eigenvalue weighted by Crippen LogP contribution is -2.18. The molecule has 4 nitrogen and oxygen atoms in total. The Morgan fingerprint density at radius 3 is 2.10 bits per heavy atom. The van der Waals surface area contributed by atoms with Gasteiger partial charge in [-0.2, -0.15) is 0 Å². The first kappa shape index (κ1) is 19.5. The molecule has 21 heavy (non-hydrogen) atoms. The fourth-order valence-corrected chi connectivity index (χ4v) is 1.88. The molecule has 0 spiro atoms. The number of rotatable bonds is 10. The predicted octanol–water partition coefficient (Wildman–Crippen LogP) is 3.62. The molecule has 0 bridgehead atoms. The Hall–Kier alpha value is -1.50. The van der Waals surface area contributed by atoms with Crippen molar-refractivity contribution in [2.75, 3.05) is 0 Å². The van der Waals surface area contributed by atoms with Crippen LogP contribution in [0.1, 0.15) is 72.6 Å². The molecule has 0 amide bonds. The highest BCUT2D eigenvalue weighted by atomic mass is 16.5. The van der Waals surface area contributed by atoms with Gasteiger partial charge < -0.3 is 9.47 Å². The van der Waals surface area contributed by atoms with Crippen molar-refractivity contribution in [2.24, 2.45) is 0 Å². The molecule has 0 rings (SSSR count). The van der Waals surface area contributed by atoms with Gasteiger partial charge in [-0.15, -0.1) is 5.92 Å². The fraction of sp³-hybridized carbons (Fsp3) is 0.765. The number of hydrogen-bond acceptors (Lipinski definition) is 4. The van der Waals surface area contributed by atoms with E-state index in [0.29, 0.717) is 12.8 Å². The molecule has 0 saturated carbocycles. The second-order valence-electron chi connectivity index (χ2n) is 4.94. The Morgan fingerprint density at radius 1 is 1.00 bits per heavy atom. The zero-order valence-electron chi connectivity index (χ0n) is 13.7. The van der Waals surface area contributed by atoms with Crippen molar-refractivity contribution < 1.29 is 19.1 Å². The number of carbonyl (C=O) groups excluding carboxylic acids is 2. The number of ether oxygens (including phenoxy) is 2. The van der Waals surface area contributed by atoms with Gasteiger partial charge >= 0.3 is 11.9 Å². The summed E-state index contributed by atoms with van der Waals surface area (Å²) in [6, 6.07) is 0. The maximum Gasteiger partial charge on any atom is 0.307 e. The Kier molecular flexibility index (Phi) is 11.4. The molecule has 0 radical (unpaired) electrons. The molecule has 0 saturated heterocycles. The van der Waals surface area contributed by atoms with Crippen LogP contribution in [0.2, 0.25) is 0 Å². The van der Waals surface area contributed by atoms with Gasteiger partial charge in [-0.05, 0) is 32.6 Å². The van der Waals surface area contributed by atoms with Crippen molar-refractivity contribution >= 4 is 11.9 Å². The molecular weight excluding hydrogens is 268 g/mol. The van der Waals surface area contributed by atoms with E-state index in [0.717, 1.165) is 19.3 Å². The van der Waals surface area contributed by atoms with Gasteiger partial charge in [0.15, 0.2) is 6.10 Å². The summed E-state index contributed by atoms with van der Waals surface area (Å²) in [5, 5.41) is 0. The normalized spacial score (nSPS) is 12.8. The van der Waals surface area contributed by atoms with Gasteiger partial charge in [-0.1, -0.05) is 33.1 Å². The van der Waals surface area contributed by atoms with Gasteiger partial charge in [0, 0.05) is 12.8 Å². The maximum atomic E-state index is 11.7. The van der Waals surface area contributed by atoms with Crippen LogP contribution in [-0.4, -0.2) is 24.1 Å². The van der Waals surface area contributed by atoms with E-state index >= 15 is 0 Å². The van der Waals surface area contributed by atoms with E-state index in [9.17, 15) is 9.59 Å². The molecule has 0 fully saturated rings. The topological polar surface area (TPSA) is 52.6 Å². The fourth-order valence-electron chi connectivity index (χ4n) is 1.88. The minimum Gasteiger partial charge on any atom is -0.462 e. The third-order valence-electron chi connectivity index (χ3n) is 3.08. The SMILES string of the molecule is CC#CC(CC)OC(=O)CCCC(=O)OC(CC)CCC. The molecular formula is C17H28O4. The van der Waals surface area contributed by atoms with Crippen LogP contribution in [0.3, 0.4) is 0 Å². The standard InChI is InChI=1S/C17H28O4/c1-5-10-14(7-3)20-16(18)12-9-13-17(19)21-15(8-4)11-6-2/h14-15H,5,7-10,12-13H2,1-4H3. The highest BCUT2D eigenvalue weighted by Crippen LogP contribution is 2.10. The van der Waals surface area contributed by atoms with Gasteiger partial charge in [-0.3, -0.25) is 9.59 Å². The van der Waals surface area contributed by atoms with Crippen molar-refractivity contribution in [3.63, 3.8) is 0 Å². The smallest absolute Gasteiger partial charge is 0.307 e. The summed E-state index contributed by atoms with van der Waals surface area (Å²) in [5.74, 6) is 5.02. The van der Waals surface area contributed by atoms with Crippen LogP contribution < -0.4 is 0 Å². The maximum absolute atomic E-state index is 11.7. The number of hydrogen-bond donors (Lipinski definition) is 0. The third kappa shape index (κ3) is 9.95. The van der Waals surface area contributed by atoms with E-state index in [4.69, 9.17) is 9.47 Å². The highest BCUT2D eigenvalue weighted by molar-refractivity contribution is 5.72. The summed E-state index contributed by atoms with van der Waals surface area (Å²) >= 11 is 0. The number of carbonyl (C=O) groups is 2. The van der Waals surface area contributed by atoms with Crippen molar-refractivity contribution in [1.29, 1.82) is 0 Å². The zero-order chi connectivity index (χ0) is 16.1. The molecule has 4 heteroatoms. The molecule has 0 aliphatic rings. The molecule has 120 valence electrons. The van der Waals surface area contributed by atoms with Crippen LogP contribution in [0.15, 0.2) is 0 Å². The van der Waals surface area contributed by atoms with Crippen LogP contribution in [-0.2, 0) is 19.1 Å². The van der Waals surface area contributed by atoms with Crippen LogP contribution in [0, 0.1) is 11.8 Å². The van der Waals surface area contributed by atoms with Crippen molar-refractivity contribution in [3.8, 4) is 11.8 Å². The summed E-state index contributed by atoms with van der Waals surface area (Å²) in [7, 11) is 0. The minimum absolute atomic E-state index is 0.00116. The van der Waals surface area contributed by atoms with Crippen molar-refractivity contribution in [2.45, 2.75) is 84.8 Å². The zero-order valence-corrected chi connectivity index (χ0v) is 13.7. The lowest BCUT2D eigenvalue weighted by molar-refractivity contribution is -0.150. The summed E-state index contributed by atoms with van der Waals surface area (Å²) in [6.07, 6.45) is 3.97. The predicted molar refractivity (Wildman–Crippen MR) is 82.6 cm³/mol. The number of esters is 2. The molecule has 0 aliphatic heterocycles. The second kappa shape index (κ2) is 12.3. The molecule has 0 aromatic carbocycles. The molecule has 0 aromatic heterocycles. The van der Waals surface area contributed by atoms with Gasteiger partial charge in [0.25, 0.3) is 0 Å². The average molecular weight is 296 g/mol. The minimum atomic E-state index is -0.344. The summed E-state index contributed by atoms with van der Waals surface area (Å²) in [4.78, 5) is 23.3. The Balaban J connectivity index is 3.93. The lowest BCUT2D eigenvalue weighted by Gasteiger charge is -2.15. The van der Waals surface area contributed by atoms with Gasteiger partial charge in [-0.25, -0.2) is 0 Å². The first-order valence-corrected chi connectivity index (χ1v) is 7.88. The Labute approximate surface area is 128 Å². The largest absolute Gasteiger partial charge is 0.462 e. The van der Waals surface area contributed by atoms with E-state index in [2.05, 4.69) is 18.8 Å². The van der Waals surface area contributed by atoms with E-state index in [-0.39, 0.29) is 37.0 Å². The van der Waals surface area contributed by atoms with Crippen molar-refractivity contribution in [1.82, 2.24) is 0 Å². The van der Waals surface area contributed by atoms with Gasteiger partial charge in [0.1, 0.15) is 6.10 Å². The molecule has 0 aromatic rings. The summed E-state index contributed by atoms with van der Waals surface area (Å²) < 4.78 is 10.5. The lowest BCUT2D eigenvalue weighted by atomic mass is 10.1. The van der Waals surface area contributed by atoms with Crippen LogP contribution >= 0.6 is 0 Å². The average Bonchev–Trinajstić information content (AvgIpc) is 2.46. The molecule has 2 atom stereocenters. The first-order valence-electron chi connectivity index (χ1n) is 7.88. The van der Waals surface area contributed by atoms with E-state index in [1.165, 1.54) is 0 Å². The summed E-state index contributed by atoms with van der Waals surface area (Å²) in [5.41, 5.74) is 0. The van der Waals surface area contributed by atoms with Crippen LogP contribution in [0.4, 0.5) is 0 Å².